The Balaban J connectivity index is 0. The van der Waals surface area contributed by atoms with E-state index >= 15 is 0 Å². The van der Waals surface area contributed by atoms with Crippen molar-refractivity contribution in [2.24, 2.45) is 0 Å². The van der Waals surface area contributed by atoms with Gasteiger partial charge in [-0.15, -0.1) is 12.2 Å². The Morgan fingerprint density at radius 2 is 1.68 bits per heavy atom. The summed E-state index contributed by atoms with van der Waals surface area (Å²) >= 11 is 0. The number of hydrogen-bond donors (Lipinski definition) is 2. The third-order valence-electron chi connectivity index (χ3n) is 3.95. The van der Waals surface area contributed by atoms with Crippen LogP contribution in [0.15, 0.2) is 24.3 Å². The van der Waals surface area contributed by atoms with Crippen molar-refractivity contribution in [3.63, 3.8) is 0 Å². The molecule has 176 valence electrons. The van der Waals surface area contributed by atoms with E-state index in [0.29, 0.717) is 25.2 Å². The van der Waals surface area contributed by atoms with Crippen molar-refractivity contribution in [1.82, 2.24) is 10.6 Å². The average Bonchev–Trinajstić information content (AvgIpc) is 2.76. The number of hydrogen-bond acceptors (Lipinski definition) is 7. The van der Waals surface area contributed by atoms with E-state index < -0.39 is 18.2 Å². The van der Waals surface area contributed by atoms with E-state index in [9.17, 15) is 24.0 Å². The van der Waals surface area contributed by atoms with Crippen LogP contribution in [-0.2, 0) is 39.9 Å². The summed E-state index contributed by atoms with van der Waals surface area (Å²) in [6.07, 6.45) is 0.442. The van der Waals surface area contributed by atoms with Gasteiger partial charge in [-0.25, -0.2) is 0 Å². The largest absolute Gasteiger partial charge is 1.00 e. The van der Waals surface area contributed by atoms with Crippen molar-refractivity contribution < 1.29 is 150 Å². The summed E-state index contributed by atoms with van der Waals surface area (Å²) in [5, 5.41) is 12.7. The molecular formula is C21H28N4O7Rb2. The molecule has 0 saturated carbocycles. The van der Waals surface area contributed by atoms with Gasteiger partial charge in [0.15, 0.2) is 0 Å². The van der Waals surface area contributed by atoms with Crippen molar-refractivity contribution >= 4 is 35.8 Å². The molecule has 0 spiro atoms. The molecule has 13 heteroatoms. The molecule has 0 atom stereocenters. The van der Waals surface area contributed by atoms with Crippen LogP contribution in [0.2, 0.25) is 0 Å². The second kappa shape index (κ2) is 23.5. The van der Waals surface area contributed by atoms with Crippen molar-refractivity contribution in [2.45, 2.75) is 25.7 Å². The minimum atomic E-state index is -0.620. The van der Waals surface area contributed by atoms with Gasteiger partial charge in [-0.05, 0) is 5.56 Å². The Morgan fingerprint density at radius 1 is 0.971 bits per heavy atom. The quantitative estimate of drug-likeness (QED) is 0.107. The summed E-state index contributed by atoms with van der Waals surface area (Å²) in [6, 6.07) is 6.48. The Bertz CT molecular complexity index is 764. The molecule has 1 aromatic rings. The van der Waals surface area contributed by atoms with E-state index in [2.05, 4.69) is 26.0 Å². The first-order chi connectivity index (χ1) is 15.4. The molecule has 1 aromatic carbocycles. The van der Waals surface area contributed by atoms with E-state index in [1.165, 1.54) is 7.05 Å². The topological polar surface area (TPSA) is 156 Å². The van der Waals surface area contributed by atoms with E-state index in [1.807, 2.05) is 0 Å². The van der Waals surface area contributed by atoms with Crippen LogP contribution in [0.25, 0.3) is 10.6 Å². The molecule has 0 fully saturated rings. The van der Waals surface area contributed by atoms with Crippen LogP contribution in [0.3, 0.4) is 0 Å². The molecule has 0 bridgehead atoms. The fourth-order valence-corrected chi connectivity index (χ4v) is 2.37. The van der Waals surface area contributed by atoms with Crippen LogP contribution in [0.1, 0.15) is 24.8 Å². The van der Waals surface area contributed by atoms with Crippen molar-refractivity contribution in [3.8, 4) is 0 Å². The van der Waals surface area contributed by atoms with Gasteiger partial charge in [-0.1, -0.05) is 24.3 Å². The molecule has 11 nitrogen and oxygen atoms in total. The van der Waals surface area contributed by atoms with E-state index in [-0.39, 0.29) is 167 Å². The predicted octanol–water partition coefficient (Wildman–Crippen LogP) is -5.11. The van der Waals surface area contributed by atoms with E-state index in [1.54, 1.807) is 24.3 Å². The fraction of sp³-hybridized carbons (Fsp3) is 0.476. The van der Waals surface area contributed by atoms with Gasteiger partial charge < -0.3 is 40.3 Å². The maximum absolute atomic E-state index is 11.9. The molecule has 0 saturated heterocycles. The van der Waals surface area contributed by atoms with Gasteiger partial charge in [0.05, 0.1) is 24.8 Å². The SMILES string of the molecule is CNC(=O)CCNC(=O)Cc1ccc([N-]C(=O)CC(=O)[N-]CCOCCCOC=O)cc1.[Rb+].[Rb+]. The van der Waals surface area contributed by atoms with Crippen molar-refractivity contribution in [3.05, 3.63) is 40.5 Å². The smallest absolute Gasteiger partial charge is 0.651 e. The van der Waals surface area contributed by atoms with Gasteiger partial charge in [0, 0.05) is 46.1 Å². The first kappa shape index (κ1) is 36.3. The number of rotatable bonds is 16. The number of nitrogens with zero attached hydrogens (tertiary/aromatic N) is 2. The number of ether oxygens (including phenoxy) is 2. The molecule has 0 radical (unpaired) electrons. The van der Waals surface area contributed by atoms with E-state index in [4.69, 9.17) is 4.74 Å². The fourth-order valence-electron chi connectivity index (χ4n) is 2.37. The molecular weight excluding hydrogens is 591 g/mol. The zero-order valence-corrected chi connectivity index (χ0v) is 29.8. The molecule has 34 heavy (non-hydrogen) atoms. The molecule has 1 rings (SSSR count). The Hall–Kier alpha value is 0.140. The third kappa shape index (κ3) is 19.3. The Morgan fingerprint density at radius 3 is 2.32 bits per heavy atom. The average molecular weight is 619 g/mol. The molecule has 0 aliphatic carbocycles. The molecule has 0 aliphatic rings. The number of carbonyl (C=O) groups is 5. The summed E-state index contributed by atoms with van der Waals surface area (Å²) in [7, 11) is 1.53. The summed E-state index contributed by atoms with van der Waals surface area (Å²) in [5.74, 6) is -1.58. The number of benzene rings is 1. The van der Waals surface area contributed by atoms with Gasteiger partial charge in [-0.3, -0.25) is 14.4 Å². The van der Waals surface area contributed by atoms with Gasteiger partial charge in [0.25, 0.3) is 6.47 Å². The van der Waals surface area contributed by atoms with Crippen LogP contribution in [0, 0.1) is 0 Å². The molecule has 2 N–H and O–H groups in total. The zero-order valence-electron chi connectivity index (χ0n) is 20.0. The van der Waals surface area contributed by atoms with Gasteiger partial charge in [-0.2, -0.15) is 0 Å². The summed E-state index contributed by atoms with van der Waals surface area (Å²) in [6.45, 7) is 1.60. The van der Waals surface area contributed by atoms with Crippen LogP contribution in [0.4, 0.5) is 5.69 Å². The van der Waals surface area contributed by atoms with Gasteiger partial charge in [0.1, 0.15) is 0 Å². The summed E-state index contributed by atoms with van der Waals surface area (Å²) < 4.78 is 9.71. The Labute approximate surface area is 297 Å². The summed E-state index contributed by atoms with van der Waals surface area (Å²) in [4.78, 5) is 56.5. The monoisotopic (exact) mass is 618 g/mol. The van der Waals surface area contributed by atoms with Crippen molar-refractivity contribution in [1.29, 1.82) is 0 Å². The minimum absolute atomic E-state index is 0. The third-order valence-corrected chi connectivity index (χ3v) is 3.95. The van der Waals surface area contributed by atoms with Crippen LogP contribution in [0.5, 0.6) is 0 Å². The number of nitrogens with one attached hydrogen (secondary N) is 2. The number of carbonyl (C=O) groups excluding carboxylic acids is 5. The maximum atomic E-state index is 11.9. The van der Waals surface area contributed by atoms with Gasteiger partial charge in [0.2, 0.25) is 11.8 Å². The van der Waals surface area contributed by atoms with Crippen LogP contribution < -0.4 is 127 Å². The predicted molar refractivity (Wildman–Crippen MR) is 115 cm³/mol. The maximum Gasteiger partial charge on any atom is 1.00 e. The van der Waals surface area contributed by atoms with Crippen LogP contribution in [-0.4, -0.2) is 70.1 Å². The summed E-state index contributed by atoms with van der Waals surface area (Å²) in [5.41, 5.74) is 1.09. The second-order valence-corrected chi connectivity index (χ2v) is 6.51. The van der Waals surface area contributed by atoms with Gasteiger partial charge >= 0.3 is 116 Å². The second-order valence-electron chi connectivity index (χ2n) is 6.51. The molecule has 4 amide bonds. The molecule has 0 aromatic heterocycles. The zero-order chi connectivity index (χ0) is 23.6. The Kier molecular flexibility index (Phi) is 25.1. The molecule has 0 aliphatic heterocycles. The normalized spacial score (nSPS) is 9.44. The number of amides is 4. The molecule has 0 heterocycles. The van der Waals surface area contributed by atoms with Crippen LogP contribution >= 0.6 is 0 Å². The van der Waals surface area contributed by atoms with Crippen molar-refractivity contribution in [2.75, 3.05) is 40.0 Å². The van der Waals surface area contributed by atoms with E-state index in [0.717, 1.165) is 5.56 Å². The first-order valence-corrected chi connectivity index (χ1v) is 10.1. The molecule has 0 unspecified atom stereocenters. The first-order valence-electron chi connectivity index (χ1n) is 10.1. The standard InChI is InChI=1S/C21H30N4O7.2Rb/c1-22-18(27)7-8-23-19(28)13-16-3-5-17(6-4-16)25-21(30)14-20(29)24-9-12-31-10-2-11-32-15-26;;/h3-6,15H,2,7-14H2,1H3,(H4,22,23,24,25,27,28,29,30);;/q;2*+1/p-2. The minimum Gasteiger partial charge on any atom is -0.651 e.